The number of aliphatic carboxylic acids is 1. The lowest BCUT2D eigenvalue weighted by Crippen LogP contribution is -2.19. The van der Waals surface area contributed by atoms with Gasteiger partial charge >= 0.3 is 5.97 Å². The zero-order valence-electron chi connectivity index (χ0n) is 15.1. The minimum absolute atomic E-state index is 0.0159. The Labute approximate surface area is 150 Å². The Balaban J connectivity index is 2.45. The van der Waals surface area contributed by atoms with Gasteiger partial charge in [-0.05, 0) is 32.1 Å². The molecule has 5 heteroatoms. The van der Waals surface area contributed by atoms with Gasteiger partial charge in [0.1, 0.15) is 5.78 Å². The van der Waals surface area contributed by atoms with Gasteiger partial charge in [0.15, 0.2) is 0 Å². The summed E-state index contributed by atoms with van der Waals surface area (Å²) in [5, 5.41) is 28.8. The van der Waals surface area contributed by atoms with Crippen LogP contribution in [0.25, 0.3) is 0 Å². The number of aliphatic hydroxyl groups is 2. The van der Waals surface area contributed by atoms with Gasteiger partial charge < -0.3 is 15.3 Å². The van der Waals surface area contributed by atoms with E-state index in [1.807, 2.05) is 6.08 Å². The highest BCUT2D eigenvalue weighted by molar-refractivity contribution is 5.84. The molecule has 0 spiro atoms. The number of hydrogen-bond donors (Lipinski definition) is 3. The summed E-state index contributed by atoms with van der Waals surface area (Å²) in [5.74, 6) is -1.57. The third-order valence-electron chi connectivity index (χ3n) is 4.71. The van der Waals surface area contributed by atoms with Gasteiger partial charge in [0.05, 0.1) is 12.2 Å². The van der Waals surface area contributed by atoms with Gasteiger partial charge in [-0.15, -0.1) is 0 Å². The van der Waals surface area contributed by atoms with Crippen molar-refractivity contribution in [2.75, 3.05) is 0 Å². The van der Waals surface area contributed by atoms with Crippen molar-refractivity contribution in [3.63, 3.8) is 0 Å². The molecule has 0 saturated heterocycles. The van der Waals surface area contributed by atoms with Crippen molar-refractivity contribution in [2.24, 2.45) is 11.8 Å². The molecule has 0 aliphatic heterocycles. The van der Waals surface area contributed by atoms with Crippen LogP contribution >= 0.6 is 0 Å². The molecule has 25 heavy (non-hydrogen) atoms. The third-order valence-corrected chi connectivity index (χ3v) is 4.71. The first-order valence-electron chi connectivity index (χ1n) is 9.39. The summed E-state index contributed by atoms with van der Waals surface area (Å²) in [7, 11) is 0. The second kappa shape index (κ2) is 12.0. The molecule has 0 aromatic heterocycles. The van der Waals surface area contributed by atoms with Gasteiger partial charge in [-0.3, -0.25) is 9.59 Å². The Morgan fingerprint density at radius 1 is 1.28 bits per heavy atom. The highest BCUT2D eigenvalue weighted by Gasteiger charge is 2.39. The van der Waals surface area contributed by atoms with E-state index in [0.29, 0.717) is 19.3 Å². The standard InChI is InChI=1S/C20H32O5/c1-2-3-4-5-6-7-9-15(21)12-13-17-16(10-8-11-20(24)25)18(22)14-19(17)23/h6-7,12-13,15-17,19,21,23H,2-5,8-11,14H2,1H3,(H,24,25)/b7-6-,13-12+/t15-,16+,17+,19+/m1/s1. The van der Waals surface area contributed by atoms with Gasteiger partial charge in [-0.1, -0.05) is 44.1 Å². The third kappa shape index (κ3) is 8.45. The molecule has 1 saturated carbocycles. The Morgan fingerprint density at radius 2 is 2.04 bits per heavy atom. The van der Waals surface area contributed by atoms with Crippen LogP contribution in [0.15, 0.2) is 24.3 Å². The summed E-state index contributed by atoms with van der Waals surface area (Å²) < 4.78 is 0. The van der Waals surface area contributed by atoms with Gasteiger partial charge in [0, 0.05) is 24.7 Å². The maximum atomic E-state index is 12.0. The molecule has 3 N–H and O–H groups in total. The predicted molar refractivity (Wildman–Crippen MR) is 97.1 cm³/mol. The van der Waals surface area contributed by atoms with Crippen LogP contribution in [0.1, 0.15) is 64.7 Å². The van der Waals surface area contributed by atoms with Gasteiger partial charge in [-0.25, -0.2) is 0 Å². The first kappa shape index (κ1) is 21.6. The summed E-state index contributed by atoms with van der Waals surface area (Å²) in [6, 6.07) is 0. The first-order chi connectivity index (χ1) is 12.0. The summed E-state index contributed by atoms with van der Waals surface area (Å²) in [6.45, 7) is 2.16. The molecule has 0 heterocycles. The monoisotopic (exact) mass is 352 g/mol. The van der Waals surface area contributed by atoms with Crippen LogP contribution in [0.4, 0.5) is 0 Å². The summed E-state index contributed by atoms with van der Waals surface area (Å²) in [6.07, 6.45) is 12.2. The normalized spacial score (nSPS) is 25.2. The predicted octanol–water partition coefficient (Wildman–Crippen LogP) is 3.25. The zero-order chi connectivity index (χ0) is 18.7. The fourth-order valence-corrected chi connectivity index (χ4v) is 3.27. The average molecular weight is 352 g/mol. The Bertz CT molecular complexity index is 469. The second-order valence-corrected chi connectivity index (χ2v) is 6.86. The van der Waals surface area contributed by atoms with Crippen LogP contribution in [-0.2, 0) is 9.59 Å². The Morgan fingerprint density at radius 3 is 2.72 bits per heavy atom. The number of allylic oxidation sites excluding steroid dienone is 1. The second-order valence-electron chi connectivity index (χ2n) is 6.86. The largest absolute Gasteiger partial charge is 0.481 e. The van der Waals surface area contributed by atoms with E-state index in [9.17, 15) is 19.8 Å². The summed E-state index contributed by atoms with van der Waals surface area (Å²) >= 11 is 0. The van der Waals surface area contributed by atoms with E-state index >= 15 is 0 Å². The van der Waals surface area contributed by atoms with E-state index in [1.165, 1.54) is 12.8 Å². The topological polar surface area (TPSA) is 94.8 Å². The fourth-order valence-electron chi connectivity index (χ4n) is 3.27. The van der Waals surface area contributed by atoms with Crippen LogP contribution in [0.5, 0.6) is 0 Å². The zero-order valence-corrected chi connectivity index (χ0v) is 15.1. The van der Waals surface area contributed by atoms with Crippen molar-refractivity contribution >= 4 is 11.8 Å². The average Bonchev–Trinajstić information content (AvgIpc) is 2.82. The molecule has 0 radical (unpaired) electrons. The highest BCUT2D eigenvalue weighted by Crippen LogP contribution is 2.34. The van der Waals surface area contributed by atoms with Gasteiger partial charge in [-0.2, -0.15) is 0 Å². The first-order valence-corrected chi connectivity index (χ1v) is 9.39. The molecule has 1 fully saturated rings. The van der Waals surface area contributed by atoms with Crippen molar-refractivity contribution in [3.8, 4) is 0 Å². The van der Waals surface area contributed by atoms with E-state index in [0.717, 1.165) is 12.8 Å². The lowest BCUT2D eigenvalue weighted by atomic mass is 9.89. The fraction of sp³-hybridized carbons (Fsp3) is 0.700. The van der Waals surface area contributed by atoms with Crippen LogP contribution in [0.3, 0.4) is 0 Å². The SMILES string of the molecule is CCCCC/C=C\C[C@@H](O)/C=C/[C@H]1[C@H](CCCC(=O)O)C(=O)C[C@@H]1O. The molecule has 1 aliphatic carbocycles. The number of Topliss-reactive ketones (excluding diaryl/α,β-unsaturated/α-hetero) is 1. The number of carbonyl (C=O) groups is 2. The molecule has 4 atom stereocenters. The molecule has 1 rings (SSSR count). The van der Waals surface area contributed by atoms with Crippen LogP contribution in [0.2, 0.25) is 0 Å². The minimum Gasteiger partial charge on any atom is -0.481 e. The summed E-state index contributed by atoms with van der Waals surface area (Å²) in [5.41, 5.74) is 0. The van der Waals surface area contributed by atoms with Crippen molar-refractivity contribution in [1.82, 2.24) is 0 Å². The molecule has 0 amide bonds. The number of carboxylic acid groups (broad SMARTS) is 1. The van der Waals surface area contributed by atoms with Gasteiger partial charge in [0.2, 0.25) is 0 Å². The minimum atomic E-state index is -0.876. The molecule has 0 aromatic carbocycles. The highest BCUT2D eigenvalue weighted by atomic mass is 16.4. The summed E-state index contributed by atoms with van der Waals surface area (Å²) in [4.78, 5) is 22.6. The van der Waals surface area contributed by atoms with Crippen molar-refractivity contribution in [3.05, 3.63) is 24.3 Å². The van der Waals surface area contributed by atoms with Gasteiger partial charge in [0.25, 0.3) is 0 Å². The quantitative estimate of drug-likeness (QED) is 0.370. The maximum Gasteiger partial charge on any atom is 0.303 e. The Hall–Kier alpha value is -1.46. The van der Waals surface area contributed by atoms with E-state index < -0.39 is 18.2 Å². The van der Waals surface area contributed by atoms with Crippen molar-refractivity contribution < 1.29 is 24.9 Å². The number of carbonyl (C=O) groups excluding carboxylic acids is 1. The molecule has 0 aromatic rings. The maximum absolute atomic E-state index is 12.0. The molecular weight excluding hydrogens is 320 g/mol. The number of hydrogen-bond acceptors (Lipinski definition) is 4. The number of carboxylic acids is 1. The molecule has 0 bridgehead atoms. The lowest BCUT2D eigenvalue weighted by Gasteiger charge is -2.17. The van der Waals surface area contributed by atoms with E-state index in [-0.39, 0.29) is 30.5 Å². The van der Waals surface area contributed by atoms with E-state index in [1.54, 1.807) is 12.2 Å². The number of unbranched alkanes of at least 4 members (excludes halogenated alkanes) is 3. The number of rotatable bonds is 12. The smallest absolute Gasteiger partial charge is 0.303 e. The van der Waals surface area contributed by atoms with E-state index in [4.69, 9.17) is 5.11 Å². The van der Waals surface area contributed by atoms with Crippen LogP contribution < -0.4 is 0 Å². The molecule has 1 aliphatic rings. The lowest BCUT2D eigenvalue weighted by molar-refractivity contribution is -0.137. The Kier molecular flexibility index (Phi) is 10.3. The molecule has 142 valence electrons. The molecular formula is C20H32O5. The van der Waals surface area contributed by atoms with Crippen LogP contribution in [0, 0.1) is 11.8 Å². The van der Waals surface area contributed by atoms with Crippen LogP contribution in [-0.4, -0.2) is 39.3 Å². The molecule has 0 unspecified atom stereocenters. The number of ketones is 1. The van der Waals surface area contributed by atoms with Crippen molar-refractivity contribution in [2.45, 2.75) is 76.9 Å². The van der Waals surface area contributed by atoms with E-state index in [2.05, 4.69) is 13.0 Å². The number of aliphatic hydroxyl groups excluding tert-OH is 2. The van der Waals surface area contributed by atoms with Crippen molar-refractivity contribution in [1.29, 1.82) is 0 Å². The molecule has 5 nitrogen and oxygen atoms in total.